The van der Waals surface area contributed by atoms with Crippen molar-refractivity contribution in [3.63, 3.8) is 0 Å². The molecule has 0 aliphatic heterocycles. The first-order valence-corrected chi connectivity index (χ1v) is 11.3. The number of aryl methyl sites for hydroxylation is 1. The summed E-state index contributed by atoms with van der Waals surface area (Å²) in [6.07, 6.45) is 3.41. The van der Waals surface area contributed by atoms with E-state index >= 15 is 0 Å². The van der Waals surface area contributed by atoms with E-state index in [0.717, 1.165) is 42.9 Å². The van der Waals surface area contributed by atoms with E-state index in [0.29, 0.717) is 5.39 Å². The number of aromatic nitrogens is 3. The molecule has 0 spiro atoms. The van der Waals surface area contributed by atoms with Gasteiger partial charge in [0.2, 0.25) is 0 Å². The molecule has 0 radical (unpaired) electrons. The van der Waals surface area contributed by atoms with Gasteiger partial charge in [-0.3, -0.25) is 9.59 Å². The normalized spacial score (nSPS) is 15.6. The number of nitrogens with zero attached hydrogens (tertiary/aromatic N) is 3. The molecule has 1 aliphatic rings. The number of nitrogens with one attached hydrogen (secondary N) is 1. The maximum absolute atomic E-state index is 14.8. The number of anilines is 1. The zero-order valence-corrected chi connectivity index (χ0v) is 19.3. The highest BCUT2D eigenvalue weighted by Crippen LogP contribution is 2.33. The van der Waals surface area contributed by atoms with E-state index in [1.54, 1.807) is 17.7 Å². The standard InChI is InChI=1S/C24H27F3N4O3/c1-13(15-10-7-11-16(19(15)25)21(26)27)28-22-17-12-31(14-8-5-4-6-9-14)24(33)20(34-3)18(17)23(32)30(2)29-22/h7,10-14,21H,4-6,8-9H2,1-3H3,(H,28,29). The molecule has 1 aromatic carbocycles. The number of pyridine rings is 1. The maximum Gasteiger partial charge on any atom is 0.294 e. The highest BCUT2D eigenvalue weighted by molar-refractivity contribution is 5.94. The van der Waals surface area contributed by atoms with E-state index in [2.05, 4.69) is 10.4 Å². The topological polar surface area (TPSA) is 78.2 Å². The zero-order chi connectivity index (χ0) is 24.6. The second-order valence-electron chi connectivity index (χ2n) is 8.65. The maximum atomic E-state index is 14.8. The van der Waals surface area contributed by atoms with Gasteiger partial charge in [-0.1, -0.05) is 37.5 Å². The molecular formula is C24H27F3N4O3. The number of methoxy groups -OCH3 is 1. The van der Waals surface area contributed by atoms with Crippen LogP contribution >= 0.6 is 0 Å². The molecule has 4 rings (SSSR count). The van der Waals surface area contributed by atoms with Gasteiger partial charge in [0.05, 0.1) is 24.1 Å². The van der Waals surface area contributed by atoms with Gasteiger partial charge in [-0.25, -0.2) is 17.9 Å². The van der Waals surface area contributed by atoms with Gasteiger partial charge < -0.3 is 14.6 Å². The van der Waals surface area contributed by atoms with Crippen LogP contribution in [0.3, 0.4) is 0 Å². The highest BCUT2D eigenvalue weighted by Gasteiger charge is 2.25. The van der Waals surface area contributed by atoms with Crippen LogP contribution in [0.4, 0.5) is 19.0 Å². The van der Waals surface area contributed by atoms with Gasteiger partial charge in [-0.15, -0.1) is 0 Å². The van der Waals surface area contributed by atoms with Crippen LogP contribution in [0.15, 0.2) is 34.0 Å². The lowest BCUT2D eigenvalue weighted by atomic mass is 9.95. The van der Waals surface area contributed by atoms with E-state index < -0.39 is 29.4 Å². The molecule has 0 bridgehead atoms. The number of rotatable bonds is 6. The van der Waals surface area contributed by atoms with Gasteiger partial charge in [-0.2, -0.15) is 5.10 Å². The number of fused-ring (bicyclic) bond motifs is 1. The van der Waals surface area contributed by atoms with Crippen LogP contribution in [0.1, 0.15) is 68.7 Å². The molecule has 1 atom stereocenters. The number of hydrogen-bond donors (Lipinski definition) is 1. The Morgan fingerprint density at radius 2 is 1.79 bits per heavy atom. The zero-order valence-electron chi connectivity index (χ0n) is 19.3. The fourth-order valence-corrected chi connectivity index (χ4v) is 4.69. The van der Waals surface area contributed by atoms with E-state index in [-0.39, 0.29) is 34.1 Å². The highest BCUT2D eigenvalue weighted by atomic mass is 19.3. The summed E-state index contributed by atoms with van der Waals surface area (Å²) >= 11 is 0. The van der Waals surface area contributed by atoms with Crippen LogP contribution in [-0.4, -0.2) is 21.5 Å². The molecule has 1 unspecified atom stereocenters. The predicted octanol–water partition coefficient (Wildman–Crippen LogP) is 4.86. The molecule has 1 fully saturated rings. The minimum atomic E-state index is -2.95. The fourth-order valence-electron chi connectivity index (χ4n) is 4.69. The summed E-state index contributed by atoms with van der Waals surface area (Å²) in [6.45, 7) is 1.61. The van der Waals surface area contributed by atoms with Crippen LogP contribution in [0.5, 0.6) is 5.75 Å². The van der Waals surface area contributed by atoms with Gasteiger partial charge >= 0.3 is 0 Å². The van der Waals surface area contributed by atoms with Crippen LogP contribution in [0.25, 0.3) is 10.8 Å². The van der Waals surface area contributed by atoms with Crippen LogP contribution < -0.4 is 21.2 Å². The van der Waals surface area contributed by atoms with Crippen molar-refractivity contribution in [2.75, 3.05) is 12.4 Å². The summed E-state index contributed by atoms with van der Waals surface area (Å²) in [4.78, 5) is 26.1. The monoisotopic (exact) mass is 476 g/mol. The average molecular weight is 476 g/mol. The summed E-state index contributed by atoms with van der Waals surface area (Å²) < 4.78 is 49.2. The second-order valence-corrected chi connectivity index (χ2v) is 8.65. The van der Waals surface area contributed by atoms with Crippen LogP contribution in [0, 0.1) is 5.82 Å². The Labute approximate surface area is 194 Å². The van der Waals surface area contributed by atoms with E-state index in [9.17, 15) is 22.8 Å². The first kappa shape index (κ1) is 23.8. The number of ether oxygens (including phenoxy) is 1. The Hall–Kier alpha value is -3.30. The molecule has 2 aromatic heterocycles. The lowest BCUT2D eigenvalue weighted by Gasteiger charge is -2.25. The molecule has 34 heavy (non-hydrogen) atoms. The summed E-state index contributed by atoms with van der Waals surface area (Å²) in [7, 11) is 2.77. The third-order valence-corrected chi connectivity index (χ3v) is 6.49. The number of alkyl halides is 2. The van der Waals surface area contributed by atoms with Gasteiger partial charge in [0, 0.05) is 24.8 Å². The molecular weight excluding hydrogens is 449 g/mol. The van der Waals surface area contributed by atoms with Crippen LogP contribution in [0.2, 0.25) is 0 Å². The SMILES string of the molecule is COc1c(=O)n(C2CCCCC2)cc2c(NC(C)c3cccc(C(F)F)c3F)nn(C)c(=O)c12. The second kappa shape index (κ2) is 9.52. The minimum Gasteiger partial charge on any atom is -0.490 e. The lowest BCUT2D eigenvalue weighted by molar-refractivity contribution is 0.146. The summed E-state index contributed by atoms with van der Waals surface area (Å²) in [5.41, 5.74) is -1.55. The Bertz CT molecular complexity index is 1330. The predicted molar refractivity (Wildman–Crippen MR) is 123 cm³/mol. The van der Waals surface area contributed by atoms with Gasteiger partial charge in [0.1, 0.15) is 11.2 Å². The van der Waals surface area contributed by atoms with Gasteiger partial charge in [-0.05, 0) is 19.8 Å². The minimum absolute atomic E-state index is 0.0333. The van der Waals surface area contributed by atoms with E-state index in [1.165, 1.54) is 26.3 Å². The van der Waals surface area contributed by atoms with Gasteiger partial charge in [0.15, 0.2) is 11.6 Å². The molecule has 0 amide bonds. The molecule has 1 saturated carbocycles. The first-order valence-electron chi connectivity index (χ1n) is 11.3. The molecule has 7 nitrogen and oxygen atoms in total. The Morgan fingerprint density at radius 3 is 2.44 bits per heavy atom. The molecule has 182 valence electrons. The number of hydrogen-bond acceptors (Lipinski definition) is 5. The summed E-state index contributed by atoms with van der Waals surface area (Å²) in [6, 6.07) is 3.04. The van der Waals surface area contributed by atoms with Crippen molar-refractivity contribution in [3.8, 4) is 5.75 Å². The quantitative estimate of drug-likeness (QED) is 0.550. The van der Waals surface area contributed by atoms with Crippen molar-refractivity contribution in [1.82, 2.24) is 14.3 Å². The van der Waals surface area contributed by atoms with Crippen molar-refractivity contribution in [1.29, 1.82) is 0 Å². The molecule has 0 saturated heterocycles. The summed E-state index contributed by atoms with van der Waals surface area (Å²) in [5, 5.41) is 7.76. The lowest BCUT2D eigenvalue weighted by Crippen LogP contribution is -2.30. The smallest absolute Gasteiger partial charge is 0.294 e. The van der Waals surface area contributed by atoms with Crippen molar-refractivity contribution in [3.05, 3.63) is 62.0 Å². The molecule has 3 aromatic rings. The largest absolute Gasteiger partial charge is 0.490 e. The fraction of sp³-hybridized carbons (Fsp3) is 0.458. The van der Waals surface area contributed by atoms with Gasteiger partial charge in [0.25, 0.3) is 17.5 Å². The molecule has 1 aliphatic carbocycles. The number of halogens is 3. The average Bonchev–Trinajstić information content (AvgIpc) is 2.82. The van der Waals surface area contributed by atoms with Crippen molar-refractivity contribution in [2.24, 2.45) is 7.05 Å². The number of benzene rings is 1. The molecule has 10 heteroatoms. The third kappa shape index (κ3) is 4.17. The van der Waals surface area contributed by atoms with E-state index in [4.69, 9.17) is 4.74 Å². The van der Waals surface area contributed by atoms with Crippen molar-refractivity contribution < 1.29 is 17.9 Å². The van der Waals surface area contributed by atoms with E-state index in [1.807, 2.05) is 0 Å². The Morgan fingerprint density at radius 1 is 1.12 bits per heavy atom. The molecule has 2 heterocycles. The Kier molecular flexibility index (Phi) is 6.67. The van der Waals surface area contributed by atoms with Crippen LogP contribution in [-0.2, 0) is 7.05 Å². The third-order valence-electron chi connectivity index (χ3n) is 6.49. The summed E-state index contributed by atoms with van der Waals surface area (Å²) in [5.74, 6) is -0.856. The van der Waals surface area contributed by atoms with Crippen molar-refractivity contribution in [2.45, 2.75) is 57.5 Å². The Balaban J connectivity index is 1.88. The first-order chi connectivity index (χ1) is 16.2. The van der Waals surface area contributed by atoms with Crippen molar-refractivity contribution >= 4 is 16.6 Å². The molecule has 1 N–H and O–H groups in total.